The lowest BCUT2D eigenvalue weighted by Crippen LogP contribution is -2.18. The molecule has 0 saturated carbocycles. The van der Waals surface area contributed by atoms with E-state index in [9.17, 15) is 9.59 Å². The Labute approximate surface area is 324 Å². The molecule has 0 aliphatic heterocycles. The van der Waals surface area contributed by atoms with Crippen molar-refractivity contribution in [2.45, 2.75) is 258 Å². The predicted octanol–water partition coefficient (Wildman–Crippen LogP) is 16.1. The number of carbonyl (C=O) groups excluding carboxylic acids is 1. The zero-order chi connectivity index (χ0) is 37.8. The minimum Gasteiger partial charge on any atom is -0.481 e. The quantitative estimate of drug-likeness (QED) is 0.0386. The highest BCUT2D eigenvalue weighted by atomic mass is 16.5. The molecule has 0 aromatic carbocycles. The van der Waals surface area contributed by atoms with Crippen LogP contribution >= 0.6 is 0 Å². The average molecular weight is 729 g/mol. The van der Waals surface area contributed by atoms with Crippen LogP contribution in [0.5, 0.6) is 0 Å². The Balaban J connectivity index is 4.01. The van der Waals surface area contributed by atoms with Crippen LogP contribution in [0.25, 0.3) is 0 Å². The van der Waals surface area contributed by atoms with Gasteiger partial charge in [-0.05, 0) is 96.3 Å². The van der Waals surface area contributed by atoms with Crippen LogP contribution in [0, 0.1) is 0 Å². The van der Waals surface area contributed by atoms with Crippen molar-refractivity contribution >= 4 is 11.9 Å². The highest BCUT2D eigenvalue weighted by molar-refractivity contribution is 5.69. The van der Waals surface area contributed by atoms with Gasteiger partial charge in [0.2, 0.25) is 0 Å². The van der Waals surface area contributed by atoms with E-state index in [1.807, 2.05) is 0 Å². The van der Waals surface area contributed by atoms with Crippen LogP contribution in [-0.2, 0) is 14.3 Å². The van der Waals surface area contributed by atoms with Crippen molar-refractivity contribution in [3.63, 3.8) is 0 Å². The summed E-state index contributed by atoms with van der Waals surface area (Å²) in [5.74, 6) is -0.661. The number of ether oxygens (including phenoxy) is 1. The van der Waals surface area contributed by atoms with Crippen molar-refractivity contribution in [1.82, 2.24) is 0 Å². The third-order valence-electron chi connectivity index (χ3n) is 10.3. The SMILES string of the molecule is CCCCC/C=C\C/C=C\CCCC/C=C\CCCCCCCC(=O)OC(CCCCCCCCCCCC)CCCCCCCCCCC(=O)O. The Morgan fingerprint density at radius 3 is 1.21 bits per heavy atom. The molecule has 0 amide bonds. The summed E-state index contributed by atoms with van der Waals surface area (Å²) < 4.78 is 6.07. The molecule has 0 spiro atoms. The van der Waals surface area contributed by atoms with E-state index in [4.69, 9.17) is 9.84 Å². The first-order valence-corrected chi connectivity index (χ1v) is 23.0. The second-order valence-electron chi connectivity index (χ2n) is 15.6. The first-order chi connectivity index (χ1) is 25.6. The third-order valence-corrected chi connectivity index (χ3v) is 10.3. The Morgan fingerprint density at radius 1 is 0.423 bits per heavy atom. The number of hydrogen-bond donors (Lipinski definition) is 1. The maximum atomic E-state index is 12.8. The van der Waals surface area contributed by atoms with Crippen LogP contribution in [0.4, 0.5) is 0 Å². The molecule has 0 aromatic heterocycles. The molecule has 0 rings (SSSR count). The average Bonchev–Trinajstić information content (AvgIpc) is 3.13. The van der Waals surface area contributed by atoms with E-state index in [0.717, 1.165) is 57.8 Å². The summed E-state index contributed by atoms with van der Waals surface area (Å²) in [5, 5.41) is 8.77. The van der Waals surface area contributed by atoms with Crippen LogP contribution in [0.1, 0.15) is 251 Å². The molecule has 52 heavy (non-hydrogen) atoms. The van der Waals surface area contributed by atoms with Gasteiger partial charge < -0.3 is 9.84 Å². The Kier molecular flexibility index (Phi) is 42.0. The molecule has 0 heterocycles. The summed E-state index contributed by atoms with van der Waals surface area (Å²) in [5.41, 5.74) is 0. The number of rotatable bonds is 42. The summed E-state index contributed by atoms with van der Waals surface area (Å²) in [6.07, 6.45) is 57.5. The van der Waals surface area contributed by atoms with Crippen LogP contribution < -0.4 is 0 Å². The van der Waals surface area contributed by atoms with Gasteiger partial charge in [0.25, 0.3) is 0 Å². The molecule has 0 bridgehead atoms. The Morgan fingerprint density at radius 2 is 0.750 bits per heavy atom. The third kappa shape index (κ3) is 42.6. The van der Waals surface area contributed by atoms with Crippen molar-refractivity contribution < 1.29 is 19.4 Å². The molecule has 0 saturated heterocycles. The van der Waals surface area contributed by atoms with Crippen molar-refractivity contribution in [3.05, 3.63) is 36.5 Å². The minimum atomic E-state index is -0.681. The lowest BCUT2D eigenvalue weighted by atomic mass is 10.0. The number of hydrogen-bond acceptors (Lipinski definition) is 3. The van der Waals surface area contributed by atoms with E-state index >= 15 is 0 Å². The highest BCUT2D eigenvalue weighted by Crippen LogP contribution is 2.19. The fourth-order valence-corrected chi connectivity index (χ4v) is 6.92. The van der Waals surface area contributed by atoms with Crippen molar-refractivity contribution in [2.75, 3.05) is 0 Å². The zero-order valence-corrected chi connectivity index (χ0v) is 34.9. The maximum absolute atomic E-state index is 12.8. The Hall–Kier alpha value is -1.84. The lowest BCUT2D eigenvalue weighted by Gasteiger charge is -2.18. The number of aliphatic carboxylic acids is 1. The van der Waals surface area contributed by atoms with E-state index in [-0.39, 0.29) is 12.1 Å². The van der Waals surface area contributed by atoms with E-state index in [1.165, 1.54) is 167 Å². The lowest BCUT2D eigenvalue weighted by molar-refractivity contribution is -0.150. The summed E-state index contributed by atoms with van der Waals surface area (Å²) in [6, 6.07) is 0. The van der Waals surface area contributed by atoms with Gasteiger partial charge in [-0.1, -0.05) is 179 Å². The van der Waals surface area contributed by atoms with Crippen molar-refractivity contribution in [1.29, 1.82) is 0 Å². The fraction of sp³-hybridized carbons (Fsp3) is 0.833. The van der Waals surface area contributed by atoms with Gasteiger partial charge in [0.15, 0.2) is 0 Å². The highest BCUT2D eigenvalue weighted by Gasteiger charge is 2.14. The van der Waals surface area contributed by atoms with E-state index in [0.29, 0.717) is 12.8 Å². The summed E-state index contributed by atoms with van der Waals surface area (Å²) in [7, 11) is 0. The standard InChI is InChI=1S/C48H88O4/c1-3-5-7-9-11-13-15-16-17-18-19-20-21-22-23-24-25-27-33-37-41-45-48(51)52-46(42-38-34-30-26-14-12-10-8-6-4-2)43-39-35-31-28-29-32-36-40-44-47(49)50/h11,13,16-17,22-23,46H,3-10,12,14-15,18-21,24-45H2,1-2H3,(H,49,50)/b13-11-,17-16-,23-22-. The van der Waals surface area contributed by atoms with Crippen LogP contribution in [0.3, 0.4) is 0 Å². The molecule has 0 radical (unpaired) electrons. The molecule has 1 unspecified atom stereocenters. The molecule has 4 nitrogen and oxygen atoms in total. The van der Waals surface area contributed by atoms with Gasteiger partial charge in [0.05, 0.1) is 0 Å². The van der Waals surface area contributed by atoms with Crippen LogP contribution in [0.15, 0.2) is 36.5 Å². The molecule has 0 fully saturated rings. The van der Waals surface area contributed by atoms with Crippen molar-refractivity contribution in [3.8, 4) is 0 Å². The van der Waals surface area contributed by atoms with E-state index in [2.05, 4.69) is 50.3 Å². The normalized spacial score (nSPS) is 12.5. The number of carboxylic acids is 1. The summed E-state index contributed by atoms with van der Waals surface area (Å²) in [4.78, 5) is 23.4. The second kappa shape index (κ2) is 43.6. The zero-order valence-electron chi connectivity index (χ0n) is 34.9. The van der Waals surface area contributed by atoms with Gasteiger partial charge in [-0.15, -0.1) is 0 Å². The predicted molar refractivity (Wildman–Crippen MR) is 227 cm³/mol. The second-order valence-corrected chi connectivity index (χ2v) is 15.6. The molecule has 1 atom stereocenters. The Bertz CT molecular complexity index is 828. The van der Waals surface area contributed by atoms with Crippen molar-refractivity contribution in [2.24, 2.45) is 0 Å². The smallest absolute Gasteiger partial charge is 0.306 e. The molecular weight excluding hydrogens is 641 g/mol. The van der Waals surface area contributed by atoms with Crippen LogP contribution in [0.2, 0.25) is 0 Å². The van der Waals surface area contributed by atoms with Gasteiger partial charge in [-0.3, -0.25) is 9.59 Å². The minimum absolute atomic E-state index is 0.0199. The van der Waals surface area contributed by atoms with Gasteiger partial charge in [-0.25, -0.2) is 0 Å². The first-order valence-electron chi connectivity index (χ1n) is 23.0. The number of esters is 1. The molecule has 0 aliphatic carbocycles. The molecular formula is C48H88O4. The molecule has 4 heteroatoms. The fourth-order valence-electron chi connectivity index (χ4n) is 6.92. The molecule has 0 aromatic rings. The van der Waals surface area contributed by atoms with Crippen LogP contribution in [-0.4, -0.2) is 23.1 Å². The van der Waals surface area contributed by atoms with Gasteiger partial charge in [-0.2, -0.15) is 0 Å². The van der Waals surface area contributed by atoms with E-state index < -0.39 is 5.97 Å². The first kappa shape index (κ1) is 50.2. The van der Waals surface area contributed by atoms with Gasteiger partial charge in [0, 0.05) is 12.8 Å². The number of unbranched alkanes of at least 4 members (excludes halogenated alkanes) is 27. The topological polar surface area (TPSA) is 63.6 Å². The number of carbonyl (C=O) groups is 2. The molecule has 304 valence electrons. The maximum Gasteiger partial charge on any atom is 0.306 e. The van der Waals surface area contributed by atoms with Gasteiger partial charge >= 0.3 is 11.9 Å². The molecule has 0 aliphatic rings. The number of carboxylic acid groups (broad SMARTS) is 1. The molecule has 1 N–H and O–H groups in total. The summed E-state index contributed by atoms with van der Waals surface area (Å²) in [6.45, 7) is 4.54. The largest absolute Gasteiger partial charge is 0.481 e. The summed E-state index contributed by atoms with van der Waals surface area (Å²) >= 11 is 0. The van der Waals surface area contributed by atoms with E-state index in [1.54, 1.807) is 0 Å². The number of allylic oxidation sites excluding steroid dienone is 6. The monoisotopic (exact) mass is 729 g/mol. The van der Waals surface area contributed by atoms with Gasteiger partial charge in [0.1, 0.15) is 6.10 Å².